The van der Waals surface area contributed by atoms with Crippen LogP contribution in [0.3, 0.4) is 0 Å². The molecule has 1 atom stereocenters. The molecular formula is C12H17NO2. The van der Waals surface area contributed by atoms with E-state index < -0.39 is 5.97 Å². The summed E-state index contributed by atoms with van der Waals surface area (Å²) in [7, 11) is 0. The number of carbonyl (C=O) groups is 1. The molecule has 15 heavy (non-hydrogen) atoms. The van der Waals surface area contributed by atoms with E-state index in [2.05, 4.69) is 11.4 Å². The molecule has 3 heteroatoms. The molecule has 0 saturated carbocycles. The van der Waals surface area contributed by atoms with Crippen LogP contribution in [0, 0.1) is 6.92 Å². The minimum absolute atomic E-state index is 0.163. The van der Waals surface area contributed by atoms with E-state index in [-0.39, 0.29) is 12.5 Å². The lowest BCUT2D eigenvalue weighted by atomic mass is 10.1. The molecule has 0 radical (unpaired) electrons. The van der Waals surface area contributed by atoms with Crippen molar-refractivity contribution in [2.24, 2.45) is 0 Å². The lowest BCUT2D eigenvalue weighted by Crippen LogP contribution is -2.21. The van der Waals surface area contributed by atoms with Gasteiger partial charge in [0, 0.05) is 12.6 Å². The SMILES string of the molecule is Cc1cccc([C@H](C)NCCC(=O)O)c1. The second-order valence-electron chi connectivity index (χ2n) is 3.73. The van der Waals surface area contributed by atoms with Gasteiger partial charge in [-0.15, -0.1) is 0 Å². The number of aliphatic carboxylic acids is 1. The van der Waals surface area contributed by atoms with Crippen LogP contribution in [-0.2, 0) is 4.79 Å². The van der Waals surface area contributed by atoms with E-state index in [9.17, 15) is 4.79 Å². The number of carboxylic acids is 1. The van der Waals surface area contributed by atoms with Crippen molar-refractivity contribution < 1.29 is 9.90 Å². The van der Waals surface area contributed by atoms with Crippen LogP contribution in [0.15, 0.2) is 24.3 Å². The van der Waals surface area contributed by atoms with Gasteiger partial charge in [-0.3, -0.25) is 4.79 Å². The van der Waals surface area contributed by atoms with Crippen LogP contribution < -0.4 is 5.32 Å². The maximum atomic E-state index is 10.3. The highest BCUT2D eigenvalue weighted by molar-refractivity contribution is 5.66. The standard InChI is InChI=1S/C12H17NO2/c1-9-4-3-5-11(8-9)10(2)13-7-6-12(14)15/h3-5,8,10,13H,6-7H2,1-2H3,(H,14,15)/t10-/m0/s1. The Balaban J connectivity index is 2.46. The first-order chi connectivity index (χ1) is 7.09. The van der Waals surface area contributed by atoms with Gasteiger partial charge in [0.2, 0.25) is 0 Å². The Hall–Kier alpha value is -1.35. The molecule has 1 aromatic carbocycles. The lowest BCUT2D eigenvalue weighted by Gasteiger charge is -2.13. The van der Waals surface area contributed by atoms with Crippen molar-refractivity contribution in [3.8, 4) is 0 Å². The molecule has 82 valence electrons. The summed E-state index contributed by atoms with van der Waals surface area (Å²) in [6, 6.07) is 8.42. The van der Waals surface area contributed by atoms with E-state index in [4.69, 9.17) is 5.11 Å². The zero-order valence-electron chi connectivity index (χ0n) is 9.16. The van der Waals surface area contributed by atoms with Gasteiger partial charge in [-0.05, 0) is 19.4 Å². The molecule has 0 bridgehead atoms. The molecule has 0 aromatic heterocycles. The highest BCUT2D eigenvalue weighted by atomic mass is 16.4. The first-order valence-electron chi connectivity index (χ1n) is 5.11. The third-order valence-corrected chi connectivity index (χ3v) is 2.33. The fourth-order valence-electron chi connectivity index (χ4n) is 1.45. The topological polar surface area (TPSA) is 49.3 Å². The fourth-order valence-corrected chi connectivity index (χ4v) is 1.45. The van der Waals surface area contributed by atoms with Gasteiger partial charge in [0.25, 0.3) is 0 Å². The van der Waals surface area contributed by atoms with E-state index in [1.807, 2.05) is 32.0 Å². The van der Waals surface area contributed by atoms with E-state index >= 15 is 0 Å². The highest BCUT2D eigenvalue weighted by Gasteiger charge is 2.05. The van der Waals surface area contributed by atoms with Crippen LogP contribution in [0.25, 0.3) is 0 Å². The summed E-state index contributed by atoms with van der Waals surface area (Å²) in [6.07, 6.45) is 0.163. The molecule has 1 rings (SSSR count). The smallest absolute Gasteiger partial charge is 0.304 e. The van der Waals surface area contributed by atoms with Crippen molar-refractivity contribution in [3.63, 3.8) is 0 Å². The molecule has 0 amide bonds. The van der Waals surface area contributed by atoms with Gasteiger partial charge >= 0.3 is 5.97 Å². The summed E-state index contributed by atoms with van der Waals surface area (Å²) < 4.78 is 0. The molecule has 0 aliphatic heterocycles. The predicted molar refractivity (Wildman–Crippen MR) is 59.8 cm³/mol. The van der Waals surface area contributed by atoms with Crippen molar-refractivity contribution in [2.45, 2.75) is 26.3 Å². The Bertz CT molecular complexity index is 336. The monoisotopic (exact) mass is 207 g/mol. The molecule has 2 N–H and O–H groups in total. The van der Waals surface area contributed by atoms with Gasteiger partial charge in [-0.2, -0.15) is 0 Å². The molecule has 0 heterocycles. The number of hydrogen-bond donors (Lipinski definition) is 2. The minimum Gasteiger partial charge on any atom is -0.481 e. The molecule has 3 nitrogen and oxygen atoms in total. The molecule has 0 fully saturated rings. The quantitative estimate of drug-likeness (QED) is 0.777. The maximum absolute atomic E-state index is 10.3. The van der Waals surface area contributed by atoms with Gasteiger partial charge in [0.05, 0.1) is 6.42 Å². The summed E-state index contributed by atoms with van der Waals surface area (Å²) in [5.41, 5.74) is 2.42. The molecular weight excluding hydrogens is 190 g/mol. The normalized spacial score (nSPS) is 12.4. The average molecular weight is 207 g/mol. The summed E-state index contributed by atoms with van der Waals surface area (Å²) in [5.74, 6) is -0.765. The molecule has 1 aromatic rings. The Morgan fingerprint density at radius 3 is 2.87 bits per heavy atom. The van der Waals surface area contributed by atoms with Crippen molar-refractivity contribution >= 4 is 5.97 Å². The van der Waals surface area contributed by atoms with Crippen molar-refractivity contribution in [1.82, 2.24) is 5.32 Å². The van der Waals surface area contributed by atoms with Gasteiger partial charge in [0.15, 0.2) is 0 Å². The summed E-state index contributed by atoms with van der Waals surface area (Å²) >= 11 is 0. The van der Waals surface area contributed by atoms with E-state index in [0.29, 0.717) is 6.54 Å². The highest BCUT2D eigenvalue weighted by Crippen LogP contribution is 2.13. The van der Waals surface area contributed by atoms with Crippen molar-refractivity contribution in [3.05, 3.63) is 35.4 Å². The van der Waals surface area contributed by atoms with Gasteiger partial charge < -0.3 is 10.4 Å². The molecule has 0 saturated heterocycles. The summed E-state index contributed by atoms with van der Waals surface area (Å²) in [6.45, 7) is 4.59. The van der Waals surface area contributed by atoms with Crippen LogP contribution in [0.5, 0.6) is 0 Å². The second-order valence-corrected chi connectivity index (χ2v) is 3.73. The lowest BCUT2D eigenvalue weighted by molar-refractivity contribution is -0.136. The van der Waals surface area contributed by atoms with Crippen LogP contribution in [0.1, 0.15) is 30.5 Å². The third-order valence-electron chi connectivity index (χ3n) is 2.33. The first kappa shape index (κ1) is 11.7. The Labute approximate surface area is 90.1 Å². The molecule has 0 aliphatic rings. The van der Waals surface area contributed by atoms with E-state index in [1.165, 1.54) is 11.1 Å². The number of hydrogen-bond acceptors (Lipinski definition) is 2. The Kier molecular flexibility index (Phi) is 4.31. The van der Waals surface area contributed by atoms with Crippen LogP contribution in [-0.4, -0.2) is 17.6 Å². The first-order valence-corrected chi connectivity index (χ1v) is 5.11. The molecule has 0 aliphatic carbocycles. The second kappa shape index (κ2) is 5.51. The number of rotatable bonds is 5. The maximum Gasteiger partial charge on any atom is 0.304 e. The van der Waals surface area contributed by atoms with Crippen LogP contribution in [0.4, 0.5) is 0 Å². The summed E-state index contributed by atoms with van der Waals surface area (Å²) in [5, 5.41) is 11.7. The van der Waals surface area contributed by atoms with Crippen LogP contribution >= 0.6 is 0 Å². The zero-order valence-corrected chi connectivity index (χ0v) is 9.16. The minimum atomic E-state index is -0.765. The fraction of sp³-hybridized carbons (Fsp3) is 0.417. The average Bonchev–Trinajstić information content (AvgIpc) is 2.17. The van der Waals surface area contributed by atoms with Gasteiger partial charge in [-0.1, -0.05) is 29.8 Å². The van der Waals surface area contributed by atoms with Crippen LogP contribution in [0.2, 0.25) is 0 Å². The van der Waals surface area contributed by atoms with E-state index in [0.717, 1.165) is 0 Å². The van der Waals surface area contributed by atoms with Gasteiger partial charge in [-0.25, -0.2) is 0 Å². The van der Waals surface area contributed by atoms with Crippen molar-refractivity contribution in [1.29, 1.82) is 0 Å². The largest absolute Gasteiger partial charge is 0.481 e. The number of benzene rings is 1. The van der Waals surface area contributed by atoms with Gasteiger partial charge in [0.1, 0.15) is 0 Å². The number of nitrogens with one attached hydrogen (secondary N) is 1. The predicted octanol–water partition coefficient (Wildman–Crippen LogP) is 2.12. The molecule has 0 spiro atoms. The summed E-state index contributed by atoms with van der Waals surface area (Å²) in [4.78, 5) is 10.3. The number of carboxylic acid groups (broad SMARTS) is 1. The third kappa shape index (κ3) is 4.13. The number of aryl methyl sites for hydroxylation is 1. The van der Waals surface area contributed by atoms with Crippen molar-refractivity contribution in [2.75, 3.05) is 6.54 Å². The Morgan fingerprint density at radius 2 is 2.27 bits per heavy atom. The zero-order chi connectivity index (χ0) is 11.3. The molecule has 0 unspecified atom stereocenters. The van der Waals surface area contributed by atoms with E-state index in [1.54, 1.807) is 0 Å². The Morgan fingerprint density at radius 1 is 1.53 bits per heavy atom.